The topological polar surface area (TPSA) is 0 Å². The molecule has 0 aromatic heterocycles. The van der Waals surface area contributed by atoms with Crippen molar-refractivity contribution in [3.8, 4) is 0 Å². The van der Waals surface area contributed by atoms with Gasteiger partial charge in [0.2, 0.25) is 0 Å². The van der Waals surface area contributed by atoms with Gasteiger partial charge in [0, 0.05) is 0 Å². The van der Waals surface area contributed by atoms with E-state index in [0.717, 1.165) is 6.04 Å². The molecule has 39 heavy (non-hydrogen) atoms. The molecule has 0 radical (unpaired) electrons. The Morgan fingerprint density at radius 1 is 0.333 bits per heavy atom. The summed E-state index contributed by atoms with van der Waals surface area (Å²) in [5.74, 6) is 0. The Kier molecular flexibility index (Phi) is 30.9. The minimum absolute atomic E-state index is 0.840. The smallest absolute Gasteiger partial charge is 0.0859 e. The Bertz CT molecular complexity index is 420. The molecule has 1 unspecified atom stereocenters. The van der Waals surface area contributed by atoms with Gasteiger partial charge in [-0.15, -0.1) is 0 Å². The molecular formula is C38H80N+. The van der Waals surface area contributed by atoms with Crippen LogP contribution in [-0.2, 0) is 0 Å². The van der Waals surface area contributed by atoms with Gasteiger partial charge in [-0.1, -0.05) is 175 Å². The highest BCUT2D eigenvalue weighted by atomic mass is 15.3. The molecule has 0 spiro atoms. The van der Waals surface area contributed by atoms with Gasteiger partial charge >= 0.3 is 0 Å². The van der Waals surface area contributed by atoms with E-state index >= 15 is 0 Å². The summed E-state index contributed by atoms with van der Waals surface area (Å²) in [6.45, 7) is 12.4. The number of unbranched alkanes of at least 4 members (excludes halogenated alkanes) is 26. The summed E-state index contributed by atoms with van der Waals surface area (Å²) in [6.07, 6.45) is 43.6. The standard InChI is InChI=1S/C38H80N/c1-6-9-12-15-18-21-24-27-30-33-36-39(5,37-34-31-28-25-22-19-16-13-10-7-2)38(4)35-32-29-26-23-20-17-14-11-8-3/h38H,6-37H2,1-5H3/q+1. The molecule has 0 aromatic rings. The number of hydrogen-bond donors (Lipinski definition) is 0. The minimum atomic E-state index is 0.840. The summed E-state index contributed by atoms with van der Waals surface area (Å²) < 4.78 is 1.35. The van der Waals surface area contributed by atoms with Crippen LogP contribution in [0.3, 0.4) is 0 Å². The molecule has 1 heteroatoms. The predicted octanol–water partition coefficient (Wildman–Crippen LogP) is 13.6. The molecule has 1 atom stereocenters. The molecule has 236 valence electrons. The van der Waals surface area contributed by atoms with Crippen LogP contribution in [0.15, 0.2) is 0 Å². The number of rotatable bonds is 33. The molecule has 0 N–H and O–H groups in total. The van der Waals surface area contributed by atoms with Gasteiger partial charge < -0.3 is 4.48 Å². The lowest BCUT2D eigenvalue weighted by atomic mass is 10.0. The molecule has 0 rings (SSSR count). The Morgan fingerprint density at radius 2 is 0.564 bits per heavy atom. The average molecular weight is 551 g/mol. The zero-order chi connectivity index (χ0) is 28.7. The van der Waals surface area contributed by atoms with Crippen LogP contribution in [0.1, 0.15) is 220 Å². The van der Waals surface area contributed by atoms with Gasteiger partial charge in [-0.2, -0.15) is 0 Å². The Labute approximate surface area is 250 Å². The maximum absolute atomic E-state index is 2.62. The van der Waals surface area contributed by atoms with Crippen molar-refractivity contribution in [1.29, 1.82) is 0 Å². The summed E-state index contributed by atoms with van der Waals surface area (Å²) in [6, 6.07) is 0.840. The largest absolute Gasteiger partial charge is 0.324 e. The highest BCUT2D eigenvalue weighted by molar-refractivity contribution is 4.58. The fourth-order valence-corrected chi connectivity index (χ4v) is 6.54. The Balaban J connectivity index is 4.24. The van der Waals surface area contributed by atoms with E-state index in [0.29, 0.717) is 0 Å². The summed E-state index contributed by atoms with van der Waals surface area (Å²) in [5, 5.41) is 0. The summed E-state index contributed by atoms with van der Waals surface area (Å²) in [4.78, 5) is 0. The first-order valence-corrected chi connectivity index (χ1v) is 18.9. The second kappa shape index (κ2) is 30.9. The van der Waals surface area contributed by atoms with Crippen molar-refractivity contribution in [2.24, 2.45) is 0 Å². The van der Waals surface area contributed by atoms with Crippen LogP contribution in [0.2, 0.25) is 0 Å². The molecule has 0 aliphatic heterocycles. The third-order valence-corrected chi connectivity index (χ3v) is 9.83. The van der Waals surface area contributed by atoms with Crippen molar-refractivity contribution in [1.82, 2.24) is 0 Å². The van der Waals surface area contributed by atoms with Crippen molar-refractivity contribution in [3.63, 3.8) is 0 Å². The molecule has 0 saturated heterocycles. The molecule has 0 heterocycles. The first-order chi connectivity index (χ1) is 19.1. The lowest BCUT2D eigenvalue weighted by Crippen LogP contribution is -2.52. The van der Waals surface area contributed by atoms with Crippen LogP contribution in [0.5, 0.6) is 0 Å². The maximum atomic E-state index is 2.62. The molecule has 0 amide bonds. The number of quaternary nitrogens is 1. The van der Waals surface area contributed by atoms with Crippen LogP contribution in [0.25, 0.3) is 0 Å². The second-order valence-corrected chi connectivity index (χ2v) is 13.8. The van der Waals surface area contributed by atoms with Gasteiger partial charge in [0.05, 0.1) is 26.2 Å². The molecule has 0 aliphatic rings. The molecule has 0 fully saturated rings. The van der Waals surface area contributed by atoms with E-state index in [1.807, 2.05) is 0 Å². The third-order valence-electron chi connectivity index (χ3n) is 9.83. The Hall–Kier alpha value is -0.0400. The zero-order valence-electron chi connectivity index (χ0n) is 28.7. The molecule has 0 aliphatic carbocycles. The van der Waals surface area contributed by atoms with E-state index in [1.54, 1.807) is 0 Å². The van der Waals surface area contributed by atoms with E-state index < -0.39 is 0 Å². The van der Waals surface area contributed by atoms with Crippen molar-refractivity contribution >= 4 is 0 Å². The fourth-order valence-electron chi connectivity index (χ4n) is 6.54. The third kappa shape index (κ3) is 26.6. The van der Waals surface area contributed by atoms with Crippen molar-refractivity contribution in [2.45, 2.75) is 226 Å². The SMILES string of the molecule is CCCCCCCCCCCC[N+](C)(CCCCCCCCCCCC)C(C)CCCCCCCCCCC. The fraction of sp³-hybridized carbons (Fsp3) is 1.00. The van der Waals surface area contributed by atoms with Gasteiger partial charge in [-0.25, -0.2) is 0 Å². The summed E-state index contributed by atoms with van der Waals surface area (Å²) in [5.41, 5.74) is 0. The van der Waals surface area contributed by atoms with Gasteiger partial charge in [-0.05, 0) is 45.4 Å². The first-order valence-electron chi connectivity index (χ1n) is 18.9. The van der Waals surface area contributed by atoms with E-state index in [-0.39, 0.29) is 0 Å². The van der Waals surface area contributed by atoms with Gasteiger partial charge in [0.1, 0.15) is 0 Å². The maximum Gasteiger partial charge on any atom is 0.0859 e. The van der Waals surface area contributed by atoms with Crippen LogP contribution in [-0.4, -0.2) is 30.7 Å². The van der Waals surface area contributed by atoms with Gasteiger partial charge in [0.25, 0.3) is 0 Å². The second-order valence-electron chi connectivity index (χ2n) is 13.8. The highest BCUT2D eigenvalue weighted by Gasteiger charge is 2.27. The average Bonchev–Trinajstić information content (AvgIpc) is 2.94. The lowest BCUT2D eigenvalue weighted by molar-refractivity contribution is -0.932. The van der Waals surface area contributed by atoms with Crippen molar-refractivity contribution in [3.05, 3.63) is 0 Å². The van der Waals surface area contributed by atoms with Gasteiger partial charge in [-0.3, -0.25) is 0 Å². The van der Waals surface area contributed by atoms with E-state index in [1.165, 1.54) is 210 Å². The monoisotopic (exact) mass is 551 g/mol. The van der Waals surface area contributed by atoms with Crippen LogP contribution in [0, 0.1) is 0 Å². The summed E-state index contributed by atoms with van der Waals surface area (Å²) >= 11 is 0. The quantitative estimate of drug-likeness (QED) is 0.0563. The minimum Gasteiger partial charge on any atom is -0.324 e. The van der Waals surface area contributed by atoms with Crippen LogP contribution in [0.4, 0.5) is 0 Å². The summed E-state index contributed by atoms with van der Waals surface area (Å²) in [7, 11) is 2.62. The Morgan fingerprint density at radius 3 is 0.846 bits per heavy atom. The highest BCUT2D eigenvalue weighted by Crippen LogP contribution is 2.22. The molecule has 0 aromatic carbocycles. The van der Waals surface area contributed by atoms with Gasteiger partial charge in [0.15, 0.2) is 0 Å². The molecule has 0 bridgehead atoms. The molecule has 0 saturated carbocycles. The van der Waals surface area contributed by atoms with Crippen LogP contribution < -0.4 is 0 Å². The molecular weight excluding hydrogens is 470 g/mol. The normalized spacial score (nSPS) is 12.8. The van der Waals surface area contributed by atoms with Crippen molar-refractivity contribution < 1.29 is 4.48 Å². The zero-order valence-corrected chi connectivity index (χ0v) is 28.7. The lowest BCUT2D eigenvalue weighted by Gasteiger charge is -2.41. The van der Waals surface area contributed by atoms with Crippen molar-refractivity contribution in [2.75, 3.05) is 20.1 Å². The number of nitrogens with zero attached hydrogens (tertiary/aromatic N) is 1. The van der Waals surface area contributed by atoms with E-state index in [4.69, 9.17) is 0 Å². The van der Waals surface area contributed by atoms with Crippen LogP contribution >= 0.6 is 0 Å². The molecule has 1 nitrogen and oxygen atoms in total. The predicted molar refractivity (Wildman–Crippen MR) is 181 cm³/mol. The van der Waals surface area contributed by atoms with E-state index in [9.17, 15) is 0 Å². The van der Waals surface area contributed by atoms with E-state index in [2.05, 4.69) is 34.7 Å². The number of hydrogen-bond acceptors (Lipinski definition) is 0. The first kappa shape index (κ1) is 39.0.